The highest BCUT2D eigenvalue weighted by atomic mass is 15.3. The van der Waals surface area contributed by atoms with Gasteiger partial charge in [0, 0.05) is 30.4 Å². The highest BCUT2D eigenvalue weighted by Gasteiger charge is 2.17. The molecule has 0 amide bonds. The van der Waals surface area contributed by atoms with Crippen LogP contribution in [0.4, 0.5) is 0 Å². The van der Waals surface area contributed by atoms with Crippen LogP contribution >= 0.6 is 0 Å². The van der Waals surface area contributed by atoms with Crippen molar-refractivity contribution in [1.82, 2.24) is 25.1 Å². The van der Waals surface area contributed by atoms with Gasteiger partial charge in [0.1, 0.15) is 12.2 Å². The fraction of sp³-hybridized carbons (Fsp3) is 0.533. The number of pyridine rings is 1. The van der Waals surface area contributed by atoms with E-state index in [9.17, 15) is 0 Å². The van der Waals surface area contributed by atoms with Crippen LogP contribution < -0.4 is 5.32 Å². The molecule has 2 aromatic heterocycles. The topological polar surface area (TPSA) is 55.6 Å². The van der Waals surface area contributed by atoms with Gasteiger partial charge < -0.3 is 5.32 Å². The largest absolute Gasteiger partial charge is 0.310 e. The van der Waals surface area contributed by atoms with Crippen molar-refractivity contribution in [2.24, 2.45) is 0 Å². The van der Waals surface area contributed by atoms with Crippen LogP contribution in [0.15, 0.2) is 18.5 Å². The molecule has 0 spiro atoms. The van der Waals surface area contributed by atoms with Crippen molar-refractivity contribution in [3.63, 3.8) is 0 Å². The lowest BCUT2D eigenvalue weighted by Gasteiger charge is -2.20. The van der Waals surface area contributed by atoms with E-state index in [1.165, 1.54) is 5.56 Å². The Kier molecular flexibility index (Phi) is 4.84. The molecule has 5 heteroatoms. The molecule has 0 saturated carbocycles. The van der Waals surface area contributed by atoms with Gasteiger partial charge in [-0.1, -0.05) is 13.0 Å². The predicted molar refractivity (Wildman–Crippen MR) is 79.5 cm³/mol. The van der Waals surface area contributed by atoms with Gasteiger partial charge >= 0.3 is 0 Å². The van der Waals surface area contributed by atoms with E-state index in [2.05, 4.69) is 53.3 Å². The van der Waals surface area contributed by atoms with Gasteiger partial charge in [0.15, 0.2) is 0 Å². The summed E-state index contributed by atoms with van der Waals surface area (Å²) in [7, 11) is 0. The molecule has 108 valence electrons. The molecule has 1 unspecified atom stereocenters. The molecule has 2 rings (SSSR count). The fourth-order valence-electron chi connectivity index (χ4n) is 2.50. The standard InChI is InChI=1S/C15H23N5/c1-5-16-14(9-15-17-10-18-20(15)6-2)13-8-7-11(3)19-12(13)4/h7-8,10,14,16H,5-6,9H2,1-4H3. The summed E-state index contributed by atoms with van der Waals surface area (Å²) in [6.07, 6.45) is 2.45. The molecule has 20 heavy (non-hydrogen) atoms. The van der Waals surface area contributed by atoms with E-state index in [-0.39, 0.29) is 6.04 Å². The Morgan fingerprint density at radius 1 is 1.25 bits per heavy atom. The Labute approximate surface area is 120 Å². The van der Waals surface area contributed by atoms with Crippen LogP contribution in [0.3, 0.4) is 0 Å². The number of rotatable bonds is 6. The number of hydrogen-bond donors (Lipinski definition) is 1. The molecule has 0 radical (unpaired) electrons. The zero-order valence-electron chi connectivity index (χ0n) is 12.7. The molecular formula is C15H23N5. The van der Waals surface area contributed by atoms with E-state index in [1.807, 2.05) is 11.6 Å². The second-order valence-corrected chi connectivity index (χ2v) is 4.93. The lowest BCUT2D eigenvalue weighted by Crippen LogP contribution is -2.25. The summed E-state index contributed by atoms with van der Waals surface area (Å²) < 4.78 is 1.95. The van der Waals surface area contributed by atoms with Crippen LogP contribution in [0.25, 0.3) is 0 Å². The number of nitrogens with zero attached hydrogens (tertiary/aromatic N) is 4. The molecule has 0 aliphatic carbocycles. The van der Waals surface area contributed by atoms with Gasteiger partial charge in [-0.15, -0.1) is 0 Å². The summed E-state index contributed by atoms with van der Waals surface area (Å²) in [5, 5.41) is 7.77. The first kappa shape index (κ1) is 14.7. The summed E-state index contributed by atoms with van der Waals surface area (Å²) in [4.78, 5) is 8.94. The number of nitrogens with one attached hydrogen (secondary N) is 1. The van der Waals surface area contributed by atoms with Gasteiger partial charge in [-0.25, -0.2) is 4.98 Å². The lowest BCUT2D eigenvalue weighted by molar-refractivity contribution is 0.506. The molecule has 0 aromatic carbocycles. The normalized spacial score (nSPS) is 12.6. The van der Waals surface area contributed by atoms with Gasteiger partial charge in [-0.2, -0.15) is 5.10 Å². The number of hydrogen-bond acceptors (Lipinski definition) is 4. The molecule has 0 fully saturated rings. The van der Waals surface area contributed by atoms with Crippen LogP contribution in [0.5, 0.6) is 0 Å². The Morgan fingerprint density at radius 3 is 2.70 bits per heavy atom. The van der Waals surface area contributed by atoms with Gasteiger partial charge in [0.05, 0.1) is 0 Å². The maximum atomic E-state index is 4.57. The van der Waals surface area contributed by atoms with E-state index in [4.69, 9.17) is 0 Å². The van der Waals surface area contributed by atoms with E-state index < -0.39 is 0 Å². The quantitative estimate of drug-likeness (QED) is 0.876. The van der Waals surface area contributed by atoms with Gasteiger partial charge in [-0.3, -0.25) is 9.67 Å². The Morgan fingerprint density at radius 2 is 2.05 bits per heavy atom. The average molecular weight is 273 g/mol. The maximum absolute atomic E-state index is 4.57. The first-order valence-corrected chi connectivity index (χ1v) is 7.19. The van der Waals surface area contributed by atoms with E-state index in [1.54, 1.807) is 6.33 Å². The molecule has 2 aromatic rings. The fourth-order valence-corrected chi connectivity index (χ4v) is 2.50. The van der Waals surface area contributed by atoms with Gasteiger partial charge in [0.2, 0.25) is 0 Å². The third kappa shape index (κ3) is 3.22. The molecule has 0 saturated heterocycles. The van der Waals surface area contributed by atoms with Crippen molar-refractivity contribution in [2.45, 2.75) is 46.7 Å². The van der Waals surface area contributed by atoms with Gasteiger partial charge in [0.25, 0.3) is 0 Å². The lowest BCUT2D eigenvalue weighted by atomic mass is 10.0. The van der Waals surface area contributed by atoms with Crippen molar-refractivity contribution in [2.75, 3.05) is 6.54 Å². The van der Waals surface area contributed by atoms with Crippen LogP contribution in [0.2, 0.25) is 0 Å². The monoisotopic (exact) mass is 273 g/mol. The third-order valence-corrected chi connectivity index (χ3v) is 3.47. The molecule has 2 heterocycles. The summed E-state index contributed by atoms with van der Waals surface area (Å²) in [6.45, 7) is 10.1. The predicted octanol–water partition coefficient (Wildman–Crippen LogP) is 2.20. The van der Waals surface area contributed by atoms with Crippen molar-refractivity contribution in [1.29, 1.82) is 0 Å². The highest BCUT2D eigenvalue weighted by Crippen LogP contribution is 2.20. The van der Waals surface area contributed by atoms with Gasteiger partial charge in [-0.05, 0) is 38.9 Å². The SMILES string of the molecule is CCNC(Cc1ncnn1CC)c1ccc(C)nc1C. The Bertz CT molecular complexity index is 561. The minimum Gasteiger partial charge on any atom is -0.310 e. The van der Waals surface area contributed by atoms with Crippen molar-refractivity contribution < 1.29 is 0 Å². The second-order valence-electron chi connectivity index (χ2n) is 4.93. The molecule has 1 atom stereocenters. The summed E-state index contributed by atoms with van der Waals surface area (Å²) >= 11 is 0. The molecule has 0 aliphatic heterocycles. The van der Waals surface area contributed by atoms with Crippen LogP contribution in [-0.4, -0.2) is 26.3 Å². The van der Waals surface area contributed by atoms with Crippen LogP contribution in [-0.2, 0) is 13.0 Å². The number of likely N-dealkylation sites (N-methyl/N-ethyl adjacent to an activating group) is 1. The molecule has 0 bridgehead atoms. The van der Waals surface area contributed by atoms with E-state index >= 15 is 0 Å². The van der Waals surface area contributed by atoms with Crippen LogP contribution in [0.1, 0.15) is 42.7 Å². The minimum absolute atomic E-state index is 0.225. The minimum atomic E-state index is 0.225. The van der Waals surface area contributed by atoms with Crippen molar-refractivity contribution in [3.8, 4) is 0 Å². The third-order valence-electron chi connectivity index (χ3n) is 3.47. The molecular weight excluding hydrogens is 250 g/mol. The maximum Gasteiger partial charge on any atom is 0.138 e. The first-order valence-electron chi connectivity index (χ1n) is 7.19. The summed E-state index contributed by atoms with van der Waals surface area (Å²) in [5.41, 5.74) is 3.37. The zero-order valence-corrected chi connectivity index (χ0v) is 12.7. The number of aryl methyl sites for hydroxylation is 3. The number of aromatic nitrogens is 4. The summed E-state index contributed by atoms with van der Waals surface area (Å²) in [5.74, 6) is 1.01. The molecule has 0 aliphatic rings. The molecule has 5 nitrogen and oxygen atoms in total. The zero-order chi connectivity index (χ0) is 14.5. The van der Waals surface area contributed by atoms with Crippen molar-refractivity contribution in [3.05, 3.63) is 41.2 Å². The Hall–Kier alpha value is -1.75. The Balaban J connectivity index is 2.27. The average Bonchev–Trinajstić information content (AvgIpc) is 2.85. The van der Waals surface area contributed by atoms with Crippen molar-refractivity contribution >= 4 is 0 Å². The van der Waals surface area contributed by atoms with E-state index in [0.717, 1.165) is 36.7 Å². The summed E-state index contributed by atoms with van der Waals surface area (Å²) in [6, 6.07) is 4.46. The van der Waals surface area contributed by atoms with E-state index in [0.29, 0.717) is 0 Å². The molecule has 1 N–H and O–H groups in total. The second kappa shape index (κ2) is 6.61. The first-order chi connectivity index (χ1) is 9.65. The van der Waals surface area contributed by atoms with Crippen LogP contribution in [0, 0.1) is 13.8 Å². The highest BCUT2D eigenvalue weighted by molar-refractivity contribution is 5.26. The smallest absolute Gasteiger partial charge is 0.138 e.